The molecule has 3 nitrogen and oxygen atoms in total. The van der Waals surface area contributed by atoms with Gasteiger partial charge >= 0.3 is 0 Å². The number of halogens is 1. The van der Waals surface area contributed by atoms with Crippen molar-refractivity contribution >= 4 is 5.91 Å². The van der Waals surface area contributed by atoms with Crippen molar-refractivity contribution in [3.8, 4) is 5.75 Å². The van der Waals surface area contributed by atoms with Gasteiger partial charge in [-0.25, -0.2) is 4.39 Å². The molecule has 25 heavy (non-hydrogen) atoms. The van der Waals surface area contributed by atoms with E-state index in [9.17, 15) is 9.18 Å². The van der Waals surface area contributed by atoms with Crippen LogP contribution in [0.25, 0.3) is 0 Å². The Labute approximate surface area is 149 Å². The van der Waals surface area contributed by atoms with Crippen molar-refractivity contribution < 1.29 is 13.9 Å². The second kappa shape index (κ2) is 7.68. The van der Waals surface area contributed by atoms with Crippen LogP contribution in [0.4, 0.5) is 4.39 Å². The van der Waals surface area contributed by atoms with Crippen LogP contribution < -0.4 is 10.1 Å². The Kier molecular flexibility index (Phi) is 5.83. The predicted molar refractivity (Wildman–Crippen MR) is 98.2 cm³/mol. The van der Waals surface area contributed by atoms with Crippen molar-refractivity contribution in [2.75, 3.05) is 0 Å². The summed E-state index contributed by atoms with van der Waals surface area (Å²) >= 11 is 0. The van der Waals surface area contributed by atoms with E-state index in [1.165, 1.54) is 29.8 Å². The second-order valence-electron chi connectivity index (χ2n) is 7.32. The number of hydrogen-bond acceptors (Lipinski definition) is 2. The van der Waals surface area contributed by atoms with Crippen molar-refractivity contribution in [3.05, 3.63) is 65.5 Å². The molecule has 0 spiro atoms. The molecule has 0 heterocycles. The van der Waals surface area contributed by atoms with Crippen LogP contribution in [0.2, 0.25) is 0 Å². The molecule has 0 saturated heterocycles. The van der Waals surface area contributed by atoms with Gasteiger partial charge in [-0.15, -0.1) is 0 Å². The third kappa shape index (κ3) is 5.31. The molecule has 0 radical (unpaired) electrons. The normalized spacial score (nSPS) is 13.8. The molecule has 2 rings (SSSR count). The van der Waals surface area contributed by atoms with E-state index >= 15 is 0 Å². The Hall–Kier alpha value is -2.36. The van der Waals surface area contributed by atoms with E-state index < -0.39 is 6.10 Å². The number of hydrogen-bond donors (Lipinski definition) is 1. The van der Waals surface area contributed by atoms with Crippen LogP contribution in [0.15, 0.2) is 48.5 Å². The maximum absolute atomic E-state index is 12.9. The Balaban J connectivity index is 1.95. The fraction of sp³-hybridized carbons (Fsp3) is 0.381. The van der Waals surface area contributed by atoms with Gasteiger partial charge in [-0.1, -0.05) is 45.0 Å². The summed E-state index contributed by atoms with van der Waals surface area (Å²) in [4.78, 5) is 12.3. The van der Waals surface area contributed by atoms with Crippen LogP contribution in [-0.2, 0) is 10.2 Å². The molecule has 0 aromatic heterocycles. The summed E-state index contributed by atoms with van der Waals surface area (Å²) in [5.41, 5.74) is 2.39. The molecule has 0 fully saturated rings. The second-order valence-corrected chi connectivity index (χ2v) is 7.32. The molecule has 0 aliphatic heterocycles. The van der Waals surface area contributed by atoms with E-state index in [1.54, 1.807) is 6.92 Å². The van der Waals surface area contributed by atoms with Gasteiger partial charge in [0.15, 0.2) is 6.10 Å². The van der Waals surface area contributed by atoms with Gasteiger partial charge in [0, 0.05) is 0 Å². The first kappa shape index (κ1) is 19.0. The van der Waals surface area contributed by atoms with Gasteiger partial charge < -0.3 is 10.1 Å². The predicted octanol–water partition coefficient (Wildman–Crippen LogP) is 4.77. The Morgan fingerprint density at radius 2 is 1.56 bits per heavy atom. The lowest BCUT2D eigenvalue weighted by molar-refractivity contribution is -0.127. The zero-order chi connectivity index (χ0) is 18.6. The highest BCUT2D eigenvalue weighted by Gasteiger charge is 2.19. The van der Waals surface area contributed by atoms with E-state index in [2.05, 4.69) is 38.2 Å². The monoisotopic (exact) mass is 343 g/mol. The minimum Gasteiger partial charge on any atom is -0.481 e. The zero-order valence-corrected chi connectivity index (χ0v) is 15.5. The highest BCUT2D eigenvalue weighted by atomic mass is 19.1. The fourth-order valence-corrected chi connectivity index (χ4v) is 2.46. The van der Waals surface area contributed by atoms with Gasteiger partial charge in [0.25, 0.3) is 5.91 Å². The molecule has 0 bridgehead atoms. The zero-order valence-electron chi connectivity index (χ0n) is 15.5. The smallest absolute Gasteiger partial charge is 0.261 e. The van der Waals surface area contributed by atoms with Crippen molar-refractivity contribution in [1.82, 2.24) is 5.32 Å². The molecule has 1 N–H and O–H groups in total. The molecule has 0 aliphatic carbocycles. The molecule has 0 aliphatic rings. The SMILES string of the molecule is CC(Oc1ccc(F)cc1)C(=O)NC(C)c1ccc(C(C)(C)C)cc1. The molecule has 2 aromatic carbocycles. The molecule has 4 heteroatoms. The average molecular weight is 343 g/mol. The van der Waals surface area contributed by atoms with Gasteiger partial charge in [0.05, 0.1) is 6.04 Å². The van der Waals surface area contributed by atoms with Crippen molar-refractivity contribution in [2.24, 2.45) is 0 Å². The minimum atomic E-state index is -0.665. The van der Waals surface area contributed by atoms with Crippen LogP contribution in [-0.4, -0.2) is 12.0 Å². The molecule has 0 saturated carbocycles. The molecule has 2 aromatic rings. The molecule has 2 atom stereocenters. The third-order valence-corrected chi connectivity index (χ3v) is 4.13. The van der Waals surface area contributed by atoms with E-state index in [0.29, 0.717) is 5.75 Å². The summed E-state index contributed by atoms with van der Waals surface area (Å²) in [5, 5.41) is 2.95. The van der Waals surface area contributed by atoms with Crippen LogP contribution in [0, 0.1) is 5.82 Å². The number of benzene rings is 2. The lowest BCUT2D eigenvalue weighted by atomic mass is 9.86. The van der Waals surface area contributed by atoms with Crippen molar-refractivity contribution in [3.63, 3.8) is 0 Å². The van der Waals surface area contributed by atoms with Crippen LogP contribution in [0.5, 0.6) is 5.75 Å². The highest BCUT2D eigenvalue weighted by Crippen LogP contribution is 2.24. The minimum absolute atomic E-state index is 0.0997. The summed E-state index contributed by atoms with van der Waals surface area (Å²) in [6.45, 7) is 10.1. The number of rotatable bonds is 5. The molecule has 2 unspecified atom stereocenters. The van der Waals surface area contributed by atoms with E-state index in [0.717, 1.165) is 5.56 Å². The number of nitrogens with one attached hydrogen (secondary N) is 1. The number of ether oxygens (including phenoxy) is 1. The molecular weight excluding hydrogens is 317 g/mol. The van der Waals surface area contributed by atoms with Gasteiger partial charge in [0.2, 0.25) is 0 Å². The van der Waals surface area contributed by atoms with Gasteiger partial charge in [-0.05, 0) is 54.7 Å². The van der Waals surface area contributed by atoms with E-state index in [-0.39, 0.29) is 23.2 Å². The average Bonchev–Trinajstić information content (AvgIpc) is 2.56. The summed E-state index contributed by atoms with van der Waals surface area (Å²) in [7, 11) is 0. The summed E-state index contributed by atoms with van der Waals surface area (Å²) < 4.78 is 18.5. The topological polar surface area (TPSA) is 38.3 Å². The highest BCUT2D eigenvalue weighted by molar-refractivity contribution is 5.81. The van der Waals surface area contributed by atoms with Crippen LogP contribution in [0.3, 0.4) is 0 Å². The fourth-order valence-electron chi connectivity index (χ4n) is 2.46. The van der Waals surface area contributed by atoms with Gasteiger partial charge in [0.1, 0.15) is 11.6 Å². The summed E-state index contributed by atoms with van der Waals surface area (Å²) in [5.74, 6) is -0.0836. The summed E-state index contributed by atoms with van der Waals surface area (Å²) in [6, 6.07) is 13.8. The first-order valence-corrected chi connectivity index (χ1v) is 8.50. The largest absolute Gasteiger partial charge is 0.481 e. The maximum Gasteiger partial charge on any atom is 0.261 e. The van der Waals surface area contributed by atoms with Crippen LogP contribution >= 0.6 is 0 Å². The van der Waals surface area contributed by atoms with E-state index in [1.807, 2.05) is 19.1 Å². The Morgan fingerprint density at radius 3 is 2.08 bits per heavy atom. The maximum atomic E-state index is 12.9. The van der Waals surface area contributed by atoms with Crippen molar-refractivity contribution in [2.45, 2.75) is 52.2 Å². The number of carbonyl (C=O) groups excluding carboxylic acids is 1. The van der Waals surface area contributed by atoms with Gasteiger partial charge in [-0.3, -0.25) is 4.79 Å². The first-order valence-electron chi connectivity index (χ1n) is 8.50. The standard InChI is InChI=1S/C21H26FNO2/c1-14(16-6-8-17(9-7-16)21(3,4)5)23-20(24)15(2)25-19-12-10-18(22)11-13-19/h6-15H,1-5H3,(H,23,24). The summed E-state index contributed by atoms with van der Waals surface area (Å²) in [6.07, 6.45) is -0.665. The lowest BCUT2D eigenvalue weighted by Crippen LogP contribution is -2.37. The van der Waals surface area contributed by atoms with Crippen LogP contribution in [0.1, 0.15) is 51.8 Å². The first-order chi connectivity index (χ1) is 11.7. The Bertz CT molecular complexity index is 702. The quantitative estimate of drug-likeness (QED) is 0.849. The third-order valence-electron chi connectivity index (χ3n) is 4.13. The van der Waals surface area contributed by atoms with Gasteiger partial charge in [-0.2, -0.15) is 0 Å². The van der Waals surface area contributed by atoms with E-state index in [4.69, 9.17) is 4.74 Å². The molecule has 134 valence electrons. The Morgan fingerprint density at radius 1 is 1.00 bits per heavy atom. The number of amides is 1. The molecule has 1 amide bonds. The molecular formula is C21H26FNO2. The van der Waals surface area contributed by atoms with Crippen molar-refractivity contribution in [1.29, 1.82) is 0 Å². The lowest BCUT2D eigenvalue weighted by Gasteiger charge is -2.22. The number of carbonyl (C=O) groups is 1.